The number of carbonyl (C=O) groups excluding carboxylic acids is 3. The Labute approximate surface area is 274 Å². The number of rotatable bonds is 19. The van der Waals surface area contributed by atoms with Crippen LogP contribution in [0.15, 0.2) is 24.3 Å². The highest BCUT2D eigenvalue weighted by Gasteiger charge is 2.30. The summed E-state index contributed by atoms with van der Waals surface area (Å²) in [4.78, 5) is 72.5. The van der Waals surface area contributed by atoms with E-state index in [1.54, 1.807) is 0 Å². The van der Waals surface area contributed by atoms with Crippen LogP contribution in [-0.2, 0) is 30.4 Å². The lowest BCUT2D eigenvalue weighted by molar-refractivity contribution is -0.141. The molecule has 3 rings (SSSR count). The van der Waals surface area contributed by atoms with Gasteiger partial charge in [-0.25, -0.2) is 14.4 Å². The minimum absolute atomic E-state index is 0.00443. The third-order valence-corrected chi connectivity index (χ3v) is 9.25. The van der Waals surface area contributed by atoms with Crippen molar-refractivity contribution < 1.29 is 44.1 Å². The van der Waals surface area contributed by atoms with Gasteiger partial charge in [0.05, 0.1) is 0 Å². The van der Waals surface area contributed by atoms with E-state index in [1.165, 1.54) is 24.8 Å². The Hall–Kier alpha value is -4.20. The van der Waals surface area contributed by atoms with E-state index in [1.807, 2.05) is 12.1 Å². The predicted octanol–water partition coefficient (Wildman–Crippen LogP) is 2.10. The number of hydrogen-bond acceptors (Lipinski definition) is 7. The lowest BCUT2D eigenvalue weighted by atomic mass is 9.80. The van der Waals surface area contributed by atoms with Crippen molar-refractivity contribution in [2.75, 3.05) is 13.1 Å². The van der Waals surface area contributed by atoms with Crippen LogP contribution < -0.4 is 27.0 Å². The van der Waals surface area contributed by atoms with E-state index >= 15 is 0 Å². The molecule has 4 amide bonds. The zero-order valence-electron chi connectivity index (χ0n) is 26.7. The maximum Gasteiger partial charge on any atom is 0.326 e. The highest BCUT2D eigenvalue weighted by molar-refractivity contribution is 5.89. The van der Waals surface area contributed by atoms with Crippen molar-refractivity contribution in [1.82, 2.24) is 21.3 Å². The molecule has 2 saturated carbocycles. The monoisotopic (exact) mass is 659 g/mol. The maximum absolute atomic E-state index is 13.3. The topological polar surface area (TPSA) is 237 Å². The number of aliphatic carboxylic acids is 3. The summed E-state index contributed by atoms with van der Waals surface area (Å²) in [5.41, 5.74) is 8.02. The number of urea groups is 1. The van der Waals surface area contributed by atoms with Gasteiger partial charge in [-0.2, -0.15) is 0 Å². The van der Waals surface area contributed by atoms with Crippen molar-refractivity contribution in [2.45, 2.75) is 108 Å². The fourth-order valence-electron chi connectivity index (χ4n) is 6.01. The average Bonchev–Trinajstić information content (AvgIpc) is 3.01. The maximum atomic E-state index is 13.3. The van der Waals surface area contributed by atoms with Crippen molar-refractivity contribution in [3.8, 4) is 0 Å². The second-order valence-corrected chi connectivity index (χ2v) is 12.7. The van der Waals surface area contributed by atoms with Gasteiger partial charge in [-0.05, 0) is 93.7 Å². The molecule has 0 bridgehead atoms. The largest absolute Gasteiger partial charge is 0.481 e. The van der Waals surface area contributed by atoms with Crippen LogP contribution in [0.3, 0.4) is 0 Å². The first kappa shape index (κ1) is 37.3. The number of carboxylic acid groups (broad SMARTS) is 3. The van der Waals surface area contributed by atoms with E-state index in [0.717, 1.165) is 31.2 Å². The molecule has 0 heterocycles. The second-order valence-electron chi connectivity index (χ2n) is 12.7. The normalized spacial score (nSPS) is 19.7. The Morgan fingerprint density at radius 3 is 1.91 bits per heavy atom. The summed E-state index contributed by atoms with van der Waals surface area (Å²) in [5.74, 6) is -3.65. The smallest absolute Gasteiger partial charge is 0.326 e. The number of amides is 4. The Bertz CT molecular complexity index is 1230. The van der Waals surface area contributed by atoms with Gasteiger partial charge >= 0.3 is 23.9 Å². The number of hydrogen-bond donors (Lipinski definition) is 8. The van der Waals surface area contributed by atoms with Crippen LogP contribution in [0.5, 0.6) is 0 Å². The fourth-order valence-corrected chi connectivity index (χ4v) is 6.01. The van der Waals surface area contributed by atoms with Crippen molar-refractivity contribution in [1.29, 1.82) is 0 Å². The first-order chi connectivity index (χ1) is 22.5. The molecule has 2 aliphatic rings. The lowest BCUT2D eigenvalue weighted by Gasteiger charge is -2.28. The quantitative estimate of drug-likeness (QED) is 0.101. The summed E-state index contributed by atoms with van der Waals surface area (Å²) in [7, 11) is 0. The van der Waals surface area contributed by atoms with E-state index in [2.05, 4.69) is 33.4 Å². The first-order valence-electron chi connectivity index (χ1n) is 16.6. The van der Waals surface area contributed by atoms with E-state index in [9.17, 15) is 39.0 Å². The number of carboxylic acids is 3. The zero-order valence-corrected chi connectivity index (χ0v) is 26.7. The molecule has 1 aromatic carbocycles. The van der Waals surface area contributed by atoms with E-state index < -0.39 is 48.5 Å². The Morgan fingerprint density at radius 2 is 1.38 bits per heavy atom. The van der Waals surface area contributed by atoms with Gasteiger partial charge < -0.3 is 42.3 Å². The van der Waals surface area contributed by atoms with Crippen molar-refractivity contribution in [2.24, 2.45) is 17.6 Å². The molecule has 0 radical (unpaired) electrons. The van der Waals surface area contributed by atoms with Crippen molar-refractivity contribution in [3.05, 3.63) is 35.4 Å². The molecule has 0 aliphatic heterocycles. The predicted molar refractivity (Wildman–Crippen MR) is 171 cm³/mol. The summed E-state index contributed by atoms with van der Waals surface area (Å²) in [5, 5.41) is 37.6. The molecule has 14 nitrogen and oxygen atoms in total. The SMILES string of the molecule is NCC1CCC(C(=O)N[C@@H](Cc2ccc(C3CCC3)cc2)C(=O)NCCCC[C@H](NC(=O)N[C@@H](CCC(=O)O)C(=O)O)C(=O)O)CC1. The molecular formula is C33H49N5O9. The van der Waals surface area contributed by atoms with Crippen LogP contribution in [0.4, 0.5) is 4.79 Å². The zero-order chi connectivity index (χ0) is 34.3. The molecule has 0 aromatic heterocycles. The van der Waals surface area contributed by atoms with Crippen LogP contribution in [0.2, 0.25) is 0 Å². The second kappa shape index (κ2) is 18.8. The molecule has 1 aromatic rings. The van der Waals surface area contributed by atoms with E-state index in [-0.39, 0.29) is 37.1 Å². The van der Waals surface area contributed by atoms with Gasteiger partial charge in [0.15, 0.2) is 0 Å². The summed E-state index contributed by atoms with van der Waals surface area (Å²) in [6.45, 7) is 0.814. The minimum atomic E-state index is -1.49. The highest BCUT2D eigenvalue weighted by Crippen LogP contribution is 2.36. The van der Waals surface area contributed by atoms with Gasteiger partial charge in [0, 0.05) is 25.3 Å². The van der Waals surface area contributed by atoms with Gasteiger partial charge in [0.1, 0.15) is 18.1 Å². The molecule has 0 saturated heterocycles. The molecule has 0 spiro atoms. The summed E-state index contributed by atoms with van der Waals surface area (Å²) < 4.78 is 0. The molecule has 260 valence electrons. The summed E-state index contributed by atoms with van der Waals surface area (Å²) in [6, 6.07) is 3.54. The summed E-state index contributed by atoms with van der Waals surface area (Å²) in [6.07, 6.45) is 7.00. The van der Waals surface area contributed by atoms with Gasteiger partial charge in [-0.3, -0.25) is 14.4 Å². The van der Waals surface area contributed by atoms with Crippen molar-refractivity contribution >= 4 is 35.8 Å². The number of carbonyl (C=O) groups is 6. The Balaban J connectivity index is 1.51. The molecule has 2 fully saturated rings. The molecule has 9 N–H and O–H groups in total. The molecule has 2 aliphatic carbocycles. The molecule has 0 unspecified atom stereocenters. The van der Waals surface area contributed by atoms with E-state index in [4.69, 9.17) is 10.8 Å². The van der Waals surface area contributed by atoms with Gasteiger partial charge in [0.25, 0.3) is 0 Å². The molecular weight excluding hydrogens is 610 g/mol. The van der Waals surface area contributed by atoms with Crippen LogP contribution in [-0.4, -0.2) is 82.3 Å². The highest BCUT2D eigenvalue weighted by atomic mass is 16.4. The minimum Gasteiger partial charge on any atom is -0.481 e. The van der Waals surface area contributed by atoms with Crippen LogP contribution in [0.25, 0.3) is 0 Å². The lowest BCUT2D eigenvalue weighted by Crippen LogP contribution is -2.51. The van der Waals surface area contributed by atoms with Crippen LogP contribution in [0.1, 0.15) is 94.1 Å². The summed E-state index contributed by atoms with van der Waals surface area (Å²) >= 11 is 0. The Morgan fingerprint density at radius 1 is 0.766 bits per heavy atom. The van der Waals surface area contributed by atoms with Crippen molar-refractivity contribution in [3.63, 3.8) is 0 Å². The third kappa shape index (κ3) is 12.5. The van der Waals surface area contributed by atoms with Crippen LogP contribution in [0, 0.1) is 11.8 Å². The molecule has 47 heavy (non-hydrogen) atoms. The van der Waals surface area contributed by atoms with Crippen LogP contribution >= 0.6 is 0 Å². The average molecular weight is 660 g/mol. The standard InChI is InChI=1S/C33H49N5O9/c34-19-21-9-13-24(14-10-21)29(41)36-27(18-20-7-11-23(12-8-20)22-4-3-5-22)30(42)35-17-2-1-6-25(31(43)44)37-33(47)38-26(32(45)46)15-16-28(39)40/h7-8,11-12,21-22,24-27H,1-6,9-10,13-19,34H2,(H,35,42)(H,36,41)(H,39,40)(H,43,44)(H,45,46)(H2,37,38,47)/t21?,24?,25-,26-,27-/m0/s1. The number of nitrogens with one attached hydrogen (secondary N) is 4. The molecule has 3 atom stereocenters. The number of nitrogens with two attached hydrogens (primary N) is 1. The first-order valence-corrected chi connectivity index (χ1v) is 16.6. The Kier molecular flexibility index (Phi) is 14.9. The van der Waals surface area contributed by atoms with Gasteiger partial charge in [-0.15, -0.1) is 0 Å². The number of unbranched alkanes of at least 4 members (excludes halogenated alkanes) is 1. The van der Waals surface area contributed by atoms with Gasteiger partial charge in [-0.1, -0.05) is 30.7 Å². The third-order valence-electron chi connectivity index (χ3n) is 9.25. The van der Waals surface area contributed by atoms with E-state index in [0.29, 0.717) is 37.6 Å². The number of benzene rings is 1. The van der Waals surface area contributed by atoms with Gasteiger partial charge in [0.2, 0.25) is 11.8 Å². The molecule has 14 heteroatoms. The fraction of sp³-hybridized carbons (Fsp3) is 0.636.